The van der Waals surface area contributed by atoms with Gasteiger partial charge in [-0.1, -0.05) is 30.6 Å². The summed E-state index contributed by atoms with van der Waals surface area (Å²) in [7, 11) is 1.26. The number of alkyl carbamates (subject to hydrolysis) is 1. The first kappa shape index (κ1) is 59.2. The second-order valence-electron chi connectivity index (χ2n) is 15.7. The minimum Gasteiger partial charge on any atom is -0.444 e. The molecule has 0 aliphatic rings. The monoisotopic (exact) mass is 981 g/mol. The average molecular weight is 982 g/mol. The Morgan fingerprint density at radius 1 is 0.597 bits per heavy atom. The maximum absolute atomic E-state index is 12.3. The van der Waals surface area contributed by atoms with Crippen LogP contribution in [-0.2, 0) is 19.2 Å². The van der Waals surface area contributed by atoms with E-state index in [-0.39, 0.29) is 24.9 Å². The Bertz CT molecular complexity index is 2660. The van der Waals surface area contributed by atoms with Crippen LogP contribution in [0.3, 0.4) is 0 Å². The summed E-state index contributed by atoms with van der Waals surface area (Å²) in [5.41, 5.74) is 18.2. The van der Waals surface area contributed by atoms with Crippen molar-refractivity contribution in [1.29, 1.82) is 0 Å². The summed E-state index contributed by atoms with van der Waals surface area (Å²) in [6.07, 6.45) is 10.7. The lowest BCUT2D eigenvalue weighted by Crippen LogP contribution is -2.52. The van der Waals surface area contributed by atoms with E-state index < -0.39 is 47.4 Å². The molecule has 0 heterocycles. The van der Waals surface area contributed by atoms with Gasteiger partial charge in [-0.25, -0.2) is 15.8 Å². The van der Waals surface area contributed by atoms with Gasteiger partial charge in [0, 0.05) is 70.7 Å². The fourth-order valence-electron chi connectivity index (χ4n) is 5.35. The Kier molecular flexibility index (Phi) is 26.3. The number of nitrogens with two attached hydrogens (primary N) is 2. The second-order valence-corrected chi connectivity index (χ2v) is 15.7. The summed E-state index contributed by atoms with van der Waals surface area (Å²) in [6.45, 7) is 8.30. The zero-order chi connectivity index (χ0) is 53.5. The van der Waals surface area contributed by atoms with Crippen molar-refractivity contribution in [3.8, 4) is 48.4 Å². The Morgan fingerprint density at radius 3 is 1.36 bits per heavy atom. The molecule has 2 atom stereocenters. The van der Waals surface area contributed by atoms with Crippen LogP contribution < -0.4 is 49.0 Å². The van der Waals surface area contributed by atoms with Crippen LogP contribution in [0.25, 0.3) is 0 Å². The molecule has 0 saturated carbocycles. The number of hydrogen-bond acceptors (Lipinski definition) is 12. The maximum Gasteiger partial charge on any atom is 0.407 e. The van der Waals surface area contributed by atoms with Gasteiger partial charge in [-0.3, -0.25) is 38.8 Å². The number of rotatable bonds is 16. The van der Waals surface area contributed by atoms with Gasteiger partial charge >= 0.3 is 6.09 Å². The van der Waals surface area contributed by atoms with E-state index in [0.717, 1.165) is 12.0 Å². The third-order valence-electron chi connectivity index (χ3n) is 9.00. The largest absolute Gasteiger partial charge is 0.444 e. The van der Waals surface area contributed by atoms with Gasteiger partial charge in [0.2, 0.25) is 0 Å². The molecule has 4 aromatic rings. The Hall–Kier alpha value is -8.95. The molecule has 0 saturated heterocycles. The normalized spacial score (nSPS) is 10.6. The van der Waals surface area contributed by atoms with Crippen LogP contribution in [-0.4, -0.2) is 104 Å². The summed E-state index contributed by atoms with van der Waals surface area (Å²) in [4.78, 5) is 87.5. The van der Waals surface area contributed by atoms with Crippen molar-refractivity contribution in [3.05, 3.63) is 142 Å². The van der Waals surface area contributed by atoms with Gasteiger partial charge in [0.25, 0.3) is 35.4 Å². The molecule has 4 aromatic carbocycles. The van der Waals surface area contributed by atoms with E-state index in [4.69, 9.17) is 34.3 Å². The number of amides is 7. The van der Waals surface area contributed by atoms with E-state index in [9.17, 15) is 33.6 Å². The lowest BCUT2D eigenvalue weighted by Gasteiger charge is -2.22. The smallest absolute Gasteiger partial charge is 0.407 e. The van der Waals surface area contributed by atoms with Crippen molar-refractivity contribution in [2.45, 2.75) is 51.8 Å². The predicted molar refractivity (Wildman–Crippen MR) is 270 cm³/mol. The third-order valence-corrected chi connectivity index (χ3v) is 9.00. The number of carbonyl (C=O) groups is 7. The second kappa shape index (κ2) is 32.0. The van der Waals surface area contributed by atoms with Crippen LogP contribution in [0.15, 0.2) is 97.1 Å². The van der Waals surface area contributed by atoms with Gasteiger partial charge in [-0.15, -0.1) is 12.8 Å². The Labute approximate surface area is 419 Å². The summed E-state index contributed by atoms with van der Waals surface area (Å²) in [6, 6.07) is 24.4. The lowest BCUT2D eigenvalue weighted by molar-refractivity contribution is -0.133. The van der Waals surface area contributed by atoms with Gasteiger partial charge in [0.05, 0.1) is 13.7 Å². The van der Waals surface area contributed by atoms with Gasteiger partial charge in [0.1, 0.15) is 17.7 Å². The first-order chi connectivity index (χ1) is 34.4. The Balaban J connectivity index is 0.000000397. The van der Waals surface area contributed by atoms with E-state index in [0.29, 0.717) is 58.6 Å². The number of ether oxygens (including phenoxy) is 1. The van der Waals surface area contributed by atoms with Crippen LogP contribution >= 0.6 is 0 Å². The third kappa shape index (κ3) is 22.4. The molecule has 0 aliphatic carbocycles. The van der Waals surface area contributed by atoms with E-state index >= 15 is 0 Å². The van der Waals surface area contributed by atoms with Gasteiger partial charge in [-0.05, 0) is 136 Å². The van der Waals surface area contributed by atoms with Crippen molar-refractivity contribution in [3.63, 3.8) is 0 Å². The SMILES string of the molecule is C#Cc1ccc(C(=O)NCCC)cc1.C#Cc1ccc(C(=O)N[C@@H](CNC(=O)OC(C)(C)C)C(=O)NOC)cc1.NCCNC(=O)c1ccc(C#CC#Cc2ccc(C(=O)N[C@@H](CN)C(=O)NO)cc2)cc1. The molecule has 0 spiro atoms. The molecule has 19 nitrogen and oxygen atoms in total. The van der Waals surface area contributed by atoms with Crippen molar-refractivity contribution in [1.82, 2.24) is 37.5 Å². The topological polar surface area (TPSA) is 294 Å². The number of carbonyl (C=O) groups excluding carboxylic acids is 7. The standard InChI is InChI=1S/C23H23N5O4.C18H23N3O5.C12H13NO/c24-13-14-26-21(29)18-9-5-16(6-10-18)3-1-2-4-17-7-11-19(12-8-17)22(30)27-20(15-25)23(31)28-32;1-6-12-7-9-13(10-8-12)15(22)20-14(16(23)21-25-5)11-19-17(24)26-18(2,3)4;1-3-9-13-12(14)11-7-5-10(4-2)6-8-11/h5-12,20,32H,13-15,24-25H2,(H,26,29)(H,27,30)(H,28,31);1,7-10,14H,11H2,2-5H3,(H,19,24)(H,20,22)(H,21,23);2,5-8H,3,9H2,1H3,(H,13,14)/t20-;14-;/m00./s1. The molecule has 0 aromatic heterocycles. The molecule has 0 bridgehead atoms. The molecule has 0 radical (unpaired) electrons. The molecule has 12 N–H and O–H groups in total. The molecule has 4 rings (SSSR count). The highest BCUT2D eigenvalue weighted by atomic mass is 16.6. The predicted octanol–water partition coefficient (Wildman–Crippen LogP) is 2.12. The minimum absolute atomic E-state index is 0.0459. The first-order valence-corrected chi connectivity index (χ1v) is 22.1. The molecule has 0 aliphatic heterocycles. The number of hydrogen-bond donors (Lipinski definition) is 10. The molecular formula is C53H59N9O10. The van der Waals surface area contributed by atoms with Crippen molar-refractivity contribution in [2.24, 2.45) is 11.5 Å². The lowest BCUT2D eigenvalue weighted by atomic mass is 10.1. The fraction of sp³-hybridized carbons (Fsp3) is 0.264. The number of terminal acetylenes is 2. The highest BCUT2D eigenvalue weighted by Gasteiger charge is 2.24. The van der Waals surface area contributed by atoms with Crippen LogP contribution in [0, 0.1) is 48.4 Å². The zero-order valence-corrected chi connectivity index (χ0v) is 40.6. The number of nitrogens with one attached hydrogen (secondary N) is 7. The average Bonchev–Trinajstić information content (AvgIpc) is 3.38. The highest BCUT2D eigenvalue weighted by molar-refractivity contribution is 5.98. The van der Waals surface area contributed by atoms with Gasteiger partial charge in [0.15, 0.2) is 0 Å². The zero-order valence-electron chi connectivity index (χ0n) is 40.6. The fourth-order valence-corrected chi connectivity index (χ4v) is 5.35. The van der Waals surface area contributed by atoms with E-state index in [2.05, 4.69) is 72.4 Å². The quantitative estimate of drug-likeness (QED) is 0.0439. The molecule has 0 fully saturated rings. The van der Waals surface area contributed by atoms with E-state index in [1.165, 1.54) is 24.7 Å². The van der Waals surface area contributed by atoms with E-state index in [1.54, 1.807) is 106 Å². The Morgan fingerprint density at radius 2 is 1.00 bits per heavy atom. The first-order valence-electron chi connectivity index (χ1n) is 22.1. The van der Waals surface area contributed by atoms with Crippen LogP contribution in [0.2, 0.25) is 0 Å². The number of hydroxylamine groups is 2. The molecule has 72 heavy (non-hydrogen) atoms. The molecule has 376 valence electrons. The van der Waals surface area contributed by atoms with Crippen LogP contribution in [0.5, 0.6) is 0 Å². The van der Waals surface area contributed by atoms with Gasteiger partial charge in [-0.2, -0.15) is 0 Å². The van der Waals surface area contributed by atoms with Crippen LogP contribution in [0.1, 0.15) is 97.8 Å². The summed E-state index contributed by atoms with van der Waals surface area (Å²) in [5, 5.41) is 21.5. The maximum atomic E-state index is 12.3. The van der Waals surface area contributed by atoms with Gasteiger partial charge < -0.3 is 42.8 Å². The molecule has 7 amide bonds. The van der Waals surface area contributed by atoms with E-state index in [1.807, 2.05) is 6.92 Å². The molecule has 19 heteroatoms. The summed E-state index contributed by atoms with van der Waals surface area (Å²) >= 11 is 0. The summed E-state index contributed by atoms with van der Waals surface area (Å²) < 4.78 is 5.10. The highest BCUT2D eigenvalue weighted by Crippen LogP contribution is 2.08. The summed E-state index contributed by atoms with van der Waals surface area (Å²) in [5.74, 6) is 13.5. The number of benzene rings is 4. The minimum atomic E-state index is -1.07. The van der Waals surface area contributed by atoms with Crippen molar-refractivity contribution >= 4 is 41.5 Å². The molecule has 0 unspecified atom stereocenters. The molecular weight excluding hydrogens is 923 g/mol. The van der Waals surface area contributed by atoms with Crippen molar-refractivity contribution in [2.75, 3.05) is 39.8 Å². The van der Waals surface area contributed by atoms with Crippen molar-refractivity contribution < 1.29 is 48.3 Å². The van der Waals surface area contributed by atoms with Crippen LogP contribution in [0.4, 0.5) is 4.79 Å².